The Bertz CT molecular complexity index is 560. The second kappa shape index (κ2) is 3.96. The SMILES string of the molecule is [Ir].[c-]1ccc2ocnc2c1-c1ncco1. The van der Waals surface area contributed by atoms with Crippen molar-refractivity contribution in [2.24, 2.45) is 0 Å². The molecule has 5 heteroatoms. The average molecular weight is 377 g/mol. The predicted octanol–water partition coefficient (Wildman–Crippen LogP) is 2.28. The van der Waals surface area contributed by atoms with Gasteiger partial charge in [-0.25, -0.2) is 0 Å². The van der Waals surface area contributed by atoms with Crippen LogP contribution >= 0.6 is 0 Å². The molecule has 0 unspecified atom stereocenters. The molecule has 0 aliphatic heterocycles. The minimum absolute atomic E-state index is 0. The minimum atomic E-state index is 0. The monoisotopic (exact) mass is 378 g/mol. The van der Waals surface area contributed by atoms with E-state index in [1.54, 1.807) is 18.3 Å². The number of aromatic nitrogens is 2. The van der Waals surface area contributed by atoms with Gasteiger partial charge in [0.1, 0.15) is 5.89 Å². The van der Waals surface area contributed by atoms with Crippen molar-refractivity contribution in [3.05, 3.63) is 37.1 Å². The summed E-state index contributed by atoms with van der Waals surface area (Å²) in [4.78, 5) is 8.11. The van der Waals surface area contributed by atoms with Gasteiger partial charge in [-0.05, 0) is 0 Å². The number of fused-ring (bicyclic) bond motifs is 1. The number of hydrogen-bond donors (Lipinski definition) is 0. The van der Waals surface area contributed by atoms with E-state index in [4.69, 9.17) is 8.83 Å². The Morgan fingerprint density at radius 1 is 1.20 bits per heavy atom. The van der Waals surface area contributed by atoms with E-state index in [1.807, 2.05) is 0 Å². The molecule has 0 bridgehead atoms. The van der Waals surface area contributed by atoms with Gasteiger partial charge in [0.05, 0.1) is 18.0 Å². The second-order valence-electron chi connectivity index (χ2n) is 2.76. The van der Waals surface area contributed by atoms with Gasteiger partial charge >= 0.3 is 0 Å². The summed E-state index contributed by atoms with van der Waals surface area (Å²) in [6, 6.07) is 6.58. The zero-order chi connectivity index (χ0) is 9.38. The molecule has 0 N–H and O–H groups in total. The van der Waals surface area contributed by atoms with Gasteiger partial charge in [-0.1, -0.05) is 11.6 Å². The molecule has 3 rings (SSSR count). The van der Waals surface area contributed by atoms with Crippen LogP contribution in [0, 0.1) is 6.07 Å². The normalized spacial score (nSPS) is 10.1. The smallest absolute Gasteiger partial charge is 0.170 e. The third-order valence-electron chi connectivity index (χ3n) is 1.94. The molecule has 0 saturated carbocycles. The van der Waals surface area contributed by atoms with Gasteiger partial charge in [-0.15, -0.1) is 12.1 Å². The minimum Gasteiger partial charge on any atom is -0.488 e. The van der Waals surface area contributed by atoms with Crippen molar-refractivity contribution in [2.45, 2.75) is 0 Å². The topological polar surface area (TPSA) is 52.1 Å². The fourth-order valence-corrected chi connectivity index (χ4v) is 1.34. The standard InChI is InChI=1S/C10H5N2O2.Ir/c1-2-7(10-11-4-5-13-10)9-8(3-1)14-6-12-9;/h1,3-6H;/q-1;. The Labute approximate surface area is 98.7 Å². The Kier molecular flexibility index (Phi) is 2.66. The molecular weight excluding hydrogens is 372 g/mol. The zero-order valence-electron chi connectivity index (χ0n) is 7.43. The van der Waals surface area contributed by atoms with Crippen LogP contribution < -0.4 is 0 Å². The molecule has 0 atom stereocenters. The van der Waals surface area contributed by atoms with Crippen LogP contribution in [0.3, 0.4) is 0 Å². The van der Waals surface area contributed by atoms with Crippen molar-refractivity contribution >= 4 is 11.1 Å². The van der Waals surface area contributed by atoms with Crippen LogP contribution in [0.4, 0.5) is 0 Å². The molecule has 15 heavy (non-hydrogen) atoms. The molecule has 2 heterocycles. The molecule has 1 radical (unpaired) electrons. The number of oxazole rings is 2. The zero-order valence-corrected chi connectivity index (χ0v) is 9.83. The van der Waals surface area contributed by atoms with Crippen molar-refractivity contribution in [2.75, 3.05) is 0 Å². The molecule has 0 aliphatic carbocycles. The Morgan fingerprint density at radius 3 is 2.93 bits per heavy atom. The summed E-state index contributed by atoms with van der Waals surface area (Å²) in [5.41, 5.74) is 2.15. The Hall–Kier alpha value is -1.45. The van der Waals surface area contributed by atoms with Crippen LogP contribution in [0.5, 0.6) is 0 Å². The van der Waals surface area contributed by atoms with Gasteiger partial charge in [0.25, 0.3) is 0 Å². The van der Waals surface area contributed by atoms with E-state index in [1.165, 1.54) is 12.7 Å². The first-order valence-corrected chi connectivity index (χ1v) is 4.09. The fourth-order valence-electron chi connectivity index (χ4n) is 1.34. The summed E-state index contributed by atoms with van der Waals surface area (Å²) in [6.07, 6.45) is 4.50. The third-order valence-corrected chi connectivity index (χ3v) is 1.94. The quantitative estimate of drug-likeness (QED) is 0.611. The molecule has 0 saturated heterocycles. The molecule has 2 aromatic heterocycles. The van der Waals surface area contributed by atoms with Crippen LogP contribution in [-0.4, -0.2) is 9.97 Å². The largest absolute Gasteiger partial charge is 0.488 e. The fraction of sp³-hybridized carbons (Fsp3) is 0. The van der Waals surface area contributed by atoms with Gasteiger partial charge in [-0.2, -0.15) is 0 Å². The van der Waals surface area contributed by atoms with E-state index in [-0.39, 0.29) is 20.1 Å². The molecule has 1 aromatic carbocycles. The maximum atomic E-state index is 5.17. The van der Waals surface area contributed by atoms with Gasteiger partial charge in [0, 0.05) is 25.6 Å². The number of hydrogen-bond acceptors (Lipinski definition) is 4. The number of nitrogens with zero attached hydrogens (tertiary/aromatic N) is 2. The summed E-state index contributed by atoms with van der Waals surface area (Å²) in [5.74, 6) is 0.504. The van der Waals surface area contributed by atoms with Gasteiger partial charge in [0.2, 0.25) is 0 Å². The molecule has 0 amide bonds. The maximum absolute atomic E-state index is 5.17. The van der Waals surface area contributed by atoms with Gasteiger partial charge < -0.3 is 8.83 Å². The first kappa shape index (κ1) is 10.1. The number of benzene rings is 1. The van der Waals surface area contributed by atoms with Crippen LogP contribution in [-0.2, 0) is 20.1 Å². The van der Waals surface area contributed by atoms with E-state index in [0.29, 0.717) is 11.5 Å². The van der Waals surface area contributed by atoms with Crippen molar-refractivity contribution in [1.29, 1.82) is 0 Å². The van der Waals surface area contributed by atoms with Crippen LogP contribution in [0.1, 0.15) is 0 Å². The van der Waals surface area contributed by atoms with Crippen molar-refractivity contribution in [3.8, 4) is 11.5 Å². The van der Waals surface area contributed by atoms with Crippen LogP contribution in [0.25, 0.3) is 22.6 Å². The summed E-state index contributed by atoms with van der Waals surface area (Å²) < 4.78 is 10.3. The Balaban J connectivity index is 0.000000853. The van der Waals surface area contributed by atoms with Gasteiger partial charge in [0.15, 0.2) is 6.39 Å². The molecule has 0 spiro atoms. The van der Waals surface area contributed by atoms with Crippen LogP contribution in [0.2, 0.25) is 0 Å². The van der Waals surface area contributed by atoms with Gasteiger partial charge in [-0.3, -0.25) is 9.97 Å². The van der Waals surface area contributed by atoms with Crippen LogP contribution in [0.15, 0.2) is 39.8 Å². The van der Waals surface area contributed by atoms with E-state index < -0.39 is 0 Å². The predicted molar refractivity (Wildman–Crippen MR) is 48.3 cm³/mol. The first-order valence-electron chi connectivity index (χ1n) is 4.09. The van der Waals surface area contributed by atoms with Crippen molar-refractivity contribution in [3.63, 3.8) is 0 Å². The molecule has 3 aromatic rings. The third kappa shape index (κ3) is 1.60. The van der Waals surface area contributed by atoms with E-state index in [2.05, 4.69) is 16.0 Å². The molecule has 0 aliphatic rings. The molecule has 77 valence electrons. The average Bonchev–Trinajstić information content (AvgIpc) is 2.88. The molecular formula is C10H5IrN2O2-. The first-order chi connectivity index (χ1) is 6.95. The van der Waals surface area contributed by atoms with E-state index in [0.717, 1.165) is 11.1 Å². The molecule has 0 fully saturated rings. The summed E-state index contributed by atoms with van der Waals surface area (Å²) in [6.45, 7) is 0. The van der Waals surface area contributed by atoms with E-state index in [9.17, 15) is 0 Å². The maximum Gasteiger partial charge on any atom is 0.170 e. The number of rotatable bonds is 1. The second-order valence-corrected chi connectivity index (χ2v) is 2.76. The summed E-state index contributed by atoms with van der Waals surface area (Å²) in [5, 5.41) is 0. The molecule has 4 nitrogen and oxygen atoms in total. The summed E-state index contributed by atoms with van der Waals surface area (Å²) >= 11 is 0. The van der Waals surface area contributed by atoms with E-state index >= 15 is 0 Å². The van der Waals surface area contributed by atoms with Crippen molar-refractivity contribution in [1.82, 2.24) is 9.97 Å². The van der Waals surface area contributed by atoms with Crippen molar-refractivity contribution < 1.29 is 28.9 Å². The Morgan fingerprint density at radius 2 is 2.13 bits per heavy atom. The summed E-state index contributed by atoms with van der Waals surface area (Å²) in [7, 11) is 0.